The van der Waals surface area contributed by atoms with Crippen LogP contribution in [0.2, 0.25) is 0 Å². The average molecular weight is 426 g/mol. The molecule has 4 amide bonds. The summed E-state index contributed by atoms with van der Waals surface area (Å²) in [7, 11) is 0. The van der Waals surface area contributed by atoms with Crippen LogP contribution in [0, 0.1) is 0 Å². The number of benzene rings is 2. The van der Waals surface area contributed by atoms with Crippen LogP contribution in [0.3, 0.4) is 0 Å². The maximum absolute atomic E-state index is 13.0. The summed E-state index contributed by atoms with van der Waals surface area (Å²) in [5.41, 5.74) is 3.26. The molecule has 1 saturated heterocycles. The number of carbonyl (C=O) groups is 3. The molecule has 158 valence electrons. The molecule has 0 spiro atoms. The molecule has 1 heterocycles. The molecule has 0 aromatic heterocycles. The molecule has 30 heavy (non-hydrogen) atoms. The molecule has 1 aliphatic rings. The van der Waals surface area contributed by atoms with Crippen LogP contribution in [0.5, 0.6) is 0 Å². The summed E-state index contributed by atoms with van der Waals surface area (Å²) in [5, 5.41) is 3.54. The molecule has 2 aromatic carbocycles. The van der Waals surface area contributed by atoms with Crippen molar-refractivity contribution in [2.24, 2.45) is 0 Å². The van der Waals surface area contributed by atoms with Crippen molar-refractivity contribution in [1.82, 2.24) is 15.8 Å². The maximum Gasteiger partial charge on any atom is 0.344 e. The van der Waals surface area contributed by atoms with E-state index in [1.165, 1.54) is 17.3 Å². The standard InChI is InChI=1S/C23H27N3O3S/c1-5-23(17-9-7-6-8-10-17)20(28)26(21(29)24-23)25-19(27)15-30-18-13-11-16(12-14-18)22(2,3)4/h6-14H,5,15H2,1-4H3,(H,24,29)(H,25,27)/t23-/m0/s1. The maximum atomic E-state index is 13.0. The molecule has 6 nitrogen and oxygen atoms in total. The second kappa shape index (κ2) is 8.52. The van der Waals surface area contributed by atoms with E-state index in [4.69, 9.17) is 0 Å². The lowest BCUT2D eigenvalue weighted by Crippen LogP contribution is -2.49. The Morgan fingerprint density at radius 3 is 2.27 bits per heavy atom. The third-order valence-corrected chi connectivity index (χ3v) is 6.23. The highest BCUT2D eigenvalue weighted by Crippen LogP contribution is 2.31. The van der Waals surface area contributed by atoms with Gasteiger partial charge in [-0.25, -0.2) is 4.79 Å². The van der Waals surface area contributed by atoms with Gasteiger partial charge in [-0.15, -0.1) is 11.8 Å². The number of hydrazine groups is 1. The minimum atomic E-state index is -1.17. The largest absolute Gasteiger partial charge is 0.344 e. The molecule has 1 atom stereocenters. The van der Waals surface area contributed by atoms with E-state index in [-0.39, 0.29) is 11.2 Å². The van der Waals surface area contributed by atoms with Gasteiger partial charge in [-0.3, -0.25) is 15.0 Å². The van der Waals surface area contributed by atoms with Crippen molar-refractivity contribution in [2.45, 2.75) is 50.0 Å². The van der Waals surface area contributed by atoms with E-state index in [0.29, 0.717) is 12.0 Å². The normalized spacial score (nSPS) is 19.0. The van der Waals surface area contributed by atoms with Crippen molar-refractivity contribution >= 4 is 29.6 Å². The van der Waals surface area contributed by atoms with Crippen molar-refractivity contribution in [3.8, 4) is 0 Å². The molecule has 3 rings (SSSR count). The van der Waals surface area contributed by atoms with Crippen molar-refractivity contribution in [2.75, 3.05) is 5.75 Å². The van der Waals surface area contributed by atoms with Crippen LogP contribution in [-0.2, 0) is 20.5 Å². The minimum Gasteiger partial charge on any atom is -0.318 e. The zero-order valence-corrected chi connectivity index (χ0v) is 18.5. The molecule has 0 aliphatic carbocycles. The third kappa shape index (κ3) is 4.36. The summed E-state index contributed by atoms with van der Waals surface area (Å²) in [6.07, 6.45) is 0.378. The summed E-state index contributed by atoms with van der Waals surface area (Å²) >= 11 is 1.35. The Morgan fingerprint density at radius 2 is 1.70 bits per heavy atom. The van der Waals surface area contributed by atoms with Crippen molar-refractivity contribution < 1.29 is 14.4 Å². The molecule has 1 aliphatic heterocycles. The van der Waals surface area contributed by atoms with Gasteiger partial charge in [0.2, 0.25) is 5.91 Å². The van der Waals surface area contributed by atoms with Crippen LogP contribution in [0.15, 0.2) is 59.5 Å². The summed E-state index contributed by atoms with van der Waals surface area (Å²) in [6, 6.07) is 16.5. The first-order chi connectivity index (χ1) is 14.2. The van der Waals surface area contributed by atoms with E-state index in [0.717, 1.165) is 9.90 Å². The molecular weight excluding hydrogens is 398 g/mol. The van der Waals surface area contributed by atoms with Gasteiger partial charge in [-0.2, -0.15) is 5.01 Å². The number of carbonyl (C=O) groups excluding carboxylic acids is 3. The Labute approximate surface area is 181 Å². The van der Waals surface area contributed by atoms with E-state index in [9.17, 15) is 14.4 Å². The summed E-state index contributed by atoms with van der Waals surface area (Å²) < 4.78 is 0. The van der Waals surface area contributed by atoms with Gasteiger partial charge in [0.15, 0.2) is 0 Å². The second-order valence-corrected chi connectivity index (χ2v) is 9.34. The first kappa shape index (κ1) is 21.9. The summed E-state index contributed by atoms with van der Waals surface area (Å²) in [4.78, 5) is 38.8. The summed E-state index contributed by atoms with van der Waals surface area (Å²) in [5.74, 6) is -0.798. The van der Waals surface area contributed by atoms with E-state index >= 15 is 0 Å². The van der Waals surface area contributed by atoms with E-state index in [2.05, 4.69) is 31.5 Å². The molecule has 2 N–H and O–H groups in total. The molecule has 0 unspecified atom stereocenters. The van der Waals surface area contributed by atoms with E-state index in [1.54, 1.807) is 12.1 Å². The molecule has 7 heteroatoms. The highest BCUT2D eigenvalue weighted by molar-refractivity contribution is 8.00. The zero-order chi connectivity index (χ0) is 21.9. The van der Waals surface area contributed by atoms with Crippen LogP contribution in [-0.4, -0.2) is 28.6 Å². The van der Waals surface area contributed by atoms with Gasteiger partial charge in [0.25, 0.3) is 5.91 Å². The van der Waals surface area contributed by atoms with Crippen LogP contribution in [0.4, 0.5) is 4.79 Å². The molecular formula is C23H27N3O3S. The van der Waals surface area contributed by atoms with Gasteiger partial charge in [0.05, 0.1) is 5.75 Å². The Balaban J connectivity index is 1.64. The number of thioether (sulfide) groups is 1. The third-order valence-electron chi connectivity index (χ3n) is 5.22. The smallest absolute Gasteiger partial charge is 0.318 e. The Bertz CT molecular complexity index is 938. The lowest BCUT2D eigenvalue weighted by molar-refractivity contribution is -0.138. The SMILES string of the molecule is CC[C@@]1(c2ccccc2)NC(=O)N(NC(=O)CSc2ccc(C(C)(C)C)cc2)C1=O. The molecule has 0 bridgehead atoms. The quantitative estimate of drug-likeness (QED) is 0.542. The number of nitrogens with zero attached hydrogens (tertiary/aromatic N) is 1. The van der Waals surface area contributed by atoms with Crippen LogP contribution >= 0.6 is 11.8 Å². The molecule has 2 aromatic rings. The van der Waals surface area contributed by atoms with Gasteiger partial charge < -0.3 is 5.32 Å². The van der Waals surface area contributed by atoms with E-state index < -0.39 is 23.4 Å². The van der Waals surface area contributed by atoms with Crippen molar-refractivity contribution in [3.05, 3.63) is 65.7 Å². The lowest BCUT2D eigenvalue weighted by atomic mass is 9.87. The number of hydrogen-bond acceptors (Lipinski definition) is 4. The summed E-state index contributed by atoms with van der Waals surface area (Å²) in [6.45, 7) is 8.26. The second-order valence-electron chi connectivity index (χ2n) is 8.29. The van der Waals surface area contributed by atoms with Crippen LogP contribution in [0.1, 0.15) is 45.2 Å². The van der Waals surface area contributed by atoms with Gasteiger partial charge in [-0.05, 0) is 35.1 Å². The van der Waals surface area contributed by atoms with Crippen LogP contribution in [0.25, 0.3) is 0 Å². The predicted molar refractivity (Wildman–Crippen MR) is 118 cm³/mol. The minimum absolute atomic E-state index is 0.0641. The van der Waals surface area contributed by atoms with E-state index in [1.807, 2.05) is 49.4 Å². The Kier molecular flexibility index (Phi) is 6.22. The molecule has 0 radical (unpaired) electrons. The van der Waals surface area contributed by atoms with Gasteiger partial charge in [-0.1, -0.05) is 70.2 Å². The zero-order valence-electron chi connectivity index (χ0n) is 17.7. The highest BCUT2D eigenvalue weighted by atomic mass is 32.2. The first-order valence-electron chi connectivity index (χ1n) is 9.92. The first-order valence-corrected chi connectivity index (χ1v) is 10.9. The van der Waals surface area contributed by atoms with Gasteiger partial charge in [0, 0.05) is 4.90 Å². The Morgan fingerprint density at radius 1 is 1.07 bits per heavy atom. The fourth-order valence-electron chi connectivity index (χ4n) is 3.40. The lowest BCUT2D eigenvalue weighted by Gasteiger charge is -2.25. The number of hydrogen-bond donors (Lipinski definition) is 2. The van der Waals surface area contributed by atoms with Gasteiger partial charge in [0.1, 0.15) is 5.54 Å². The number of amides is 4. The fraction of sp³-hybridized carbons (Fsp3) is 0.348. The predicted octanol–water partition coefficient (Wildman–Crippen LogP) is 3.96. The molecule has 1 fully saturated rings. The fourth-order valence-corrected chi connectivity index (χ4v) is 4.09. The highest BCUT2D eigenvalue weighted by Gasteiger charge is 2.52. The number of urea groups is 1. The number of nitrogens with one attached hydrogen (secondary N) is 2. The average Bonchev–Trinajstić information content (AvgIpc) is 2.97. The molecule has 0 saturated carbocycles. The number of rotatable bonds is 6. The monoisotopic (exact) mass is 425 g/mol. The van der Waals surface area contributed by atoms with Gasteiger partial charge >= 0.3 is 6.03 Å². The van der Waals surface area contributed by atoms with Crippen molar-refractivity contribution in [3.63, 3.8) is 0 Å². The Hall–Kier alpha value is -2.80. The number of imide groups is 1. The van der Waals surface area contributed by atoms with Crippen LogP contribution < -0.4 is 10.7 Å². The topological polar surface area (TPSA) is 78.5 Å². The van der Waals surface area contributed by atoms with Crippen molar-refractivity contribution in [1.29, 1.82) is 0 Å².